The van der Waals surface area contributed by atoms with Crippen molar-refractivity contribution in [1.29, 1.82) is 0 Å². The molecule has 0 spiro atoms. The fraction of sp³-hybridized carbons (Fsp3) is 0.438. The number of thiocarbonyl (C=S) groups is 1. The molecule has 6 nitrogen and oxygen atoms in total. The lowest BCUT2D eigenvalue weighted by atomic mass is 10.2. The number of methoxy groups -OCH3 is 1. The quantitative estimate of drug-likeness (QED) is 0.385. The van der Waals surface area contributed by atoms with Gasteiger partial charge in [-0.1, -0.05) is 6.92 Å². The maximum absolute atomic E-state index is 11.9. The minimum atomic E-state index is -0.360. The Kier molecular flexibility index (Phi) is 7.39. The third kappa shape index (κ3) is 5.52. The summed E-state index contributed by atoms with van der Waals surface area (Å²) in [5.74, 6) is -0.360. The zero-order valence-electron chi connectivity index (χ0n) is 14.4. The molecule has 0 fully saturated rings. The number of halogens is 1. The summed E-state index contributed by atoms with van der Waals surface area (Å²) in [7, 11) is 1.38. The van der Waals surface area contributed by atoms with E-state index in [0.29, 0.717) is 22.2 Å². The molecule has 136 valence electrons. The SMILES string of the molecule is CCc1cc(C(=O)OC)c(NC(=S)NCCCn2cc(Br)c(C)n2)s1. The van der Waals surface area contributed by atoms with Gasteiger partial charge in [0.2, 0.25) is 0 Å². The number of thiophene rings is 1. The molecule has 0 aromatic carbocycles. The normalized spacial score (nSPS) is 10.6. The number of aryl methyl sites for hydroxylation is 3. The summed E-state index contributed by atoms with van der Waals surface area (Å²) in [6.07, 6.45) is 3.70. The van der Waals surface area contributed by atoms with Crippen LogP contribution < -0.4 is 10.6 Å². The van der Waals surface area contributed by atoms with Crippen LogP contribution in [0.2, 0.25) is 0 Å². The molecule has 0 saturated carbocycles. The highest BCUT2D eigenvalue weighted by molar-refractivity contribution is 9.10. The van der Waals surface area contributed by atoms with Crippen LogP contribution in [0, 0.1) is 6.92 Å². The first-order chi connectivity index (χ1) is 11.9. The molecule has 0 radical (unpaired) electrons. The second-order valence-electron chi connectivity index (χ2n) is 5.36. The number of carbonyl (C=O) groups excluding carboxylic acids is 1. The molecular weight excluding hydrogens is 424 g/mol. The summed E-state index contributed by atoms with van der Waals surface area (Å²) in [4.78, 5) is 13.0. The zero-order chi connectivity index (χ0) is 18.4. The molecule has 25 heavy (non-hydrogen) atoms. The Hall–Kier alpha value is -1.45. The van der Waals surface area contributed by atoms with Crippen LogP contribution in [-0.2, 0) is 17.7 Å². The maximum atomic E-state index is 11.9. The molecule has 0 aliphatic rings. The van der Waals surface area contributed by atoms with E-state index in [0.717, 1.165) is 34.4 Å². The van der Waals surface area contributed by atoms with E-state index in [2.05, 4.69) is 31.7 Å². The van der Waals surface area contributed by atoms with Gasteiger partial charge in [-0.15, -0.1) is 11.3 Å². The summed E-state index contributed by atoms with van der Waals surface area (Å²) in [6.45, 7) is 5.52. The van der Waals surface area contributed by atoms with E-state index in [1.165, 1.54) is 18.4 Å². The van der Waals surface area contributed by atoms with Gasteiger partial charge < -0.3 is 15.4 Å². The first-order valence-electron chi connectivity index (χ1n) is 7.90. The van der Waals surface area contributed by atoms with E-state index in [1.54, 1.807) is 0 Å². The van der Waals surface area contributed by atoms with E-state index in [9.17, 15) is 4.79 Å². The number of carbonyl (C=O) groups is 1. The molecule has 2 aromatic heterocycles. The van der Waals surface area contributed by atoms with Crippen LogP contribution in [0.3, 0.4) is 0 Å². The molecule has 2 rings (SSSR count). The highest BCUT2D eigenvalue weighted by Crippen LogP contribution is 2.29. The Bertz CT molecular complexity index is 738. The molecule has 0 atom stereocenters. The lowest BCUT2D eigenvalue weighted by molar-refractivity contribution is 0.0602. The van der Waals surface area contributed by atoms with E-state index >= 15 is 0 Å². The van der Waals surface area contributed by atoms with Gasteiger partial charge in [-0.05, 0) is 54.0 Å². The molecule has 0 amide bonds. The standard InChI is InChI=1S/C16H21BrN4O2S2/c1-4-11-8-12(15(22)23-3)14(25-11)19-16(24)18-6-5-7-21-9-13(17)10(2)20-21/h8-9H,4-7H2,1-3H3,(H2,18,19,24). The summed E-state index contributed by atoms with van der Waals surface area (Å²) in [5, 5.41) is 11.9. The van der Waals surface area contributed by atoms with Crippen LogP contribution in [0.4, 0.5) is 5.00 Å². The van der Waals surface area contributed by atoms with E-state index < -0.39 is 0 Å². The Balaban J connectivity index is 1.83. The molecule has 2 N–H and O–H groups in total. The Labute approximate surface area is 165 Å². The lowest BCUT2D eigenvalue weighted by Gasteiger charge is -2.10. The van der Waals surface area contributed by atoms with Crippen molar-refractivity contribution in [1.82, 2.24) is 15.1 Å². The van der Waals surface area contributed by atoms with Crippen molar-refractivity contribution in [2.45, 2.75) is 33.2 Å². The van der Waals surface area contributed by atoms with Crippen molar-refractivity contribution in [2.24, 2.45) is 0 Å². The molecule has 2 heterocycles. The van der Waals surface area contributed by atoms with Crippen molar-refractivity contribution in [3.8, 4) is 0 Å². The average Bonchev–Trinajstić information content (AvgIpc) is 3.14. The average molecular weight is 445 g/mol. The van der Waals surface area contributed by atoms with Crippen molar-refractivity contribution in [2.75, 3.05) is 19.0 Å². The van der Waals surface area contributed by atoms with E-state index in [1.807, 2.05) is 30.8 Å². The van der Waals surface area contributed by atoms with E-state index in [-0.39, 0.29) is 5.97 Å². The smallest absolute Gasteiger partial charge is 0.340 e. The number of nitrogens with zero attached hydrogens (tertiary/aromatic N) is 2. The molecular formula is C16H21BrN4O2S2. The maximum Gasteiger partial charge on any atom is 0.340 e. The van der Waals surface area contributed by atoms with Gasteiger partial charge in [0, 0.05) is 24.2 Å². The summed E-state index contributed by atoms with van der Waals surface area (Å²) in [6, 6.07) is 1.85. The molecule has 0 aliphatic heterocycles. The molecule has 0 aliphatic carbocycles. The van der Waals surface area contributed by atoms with Crippen molar-refractivity contribution in [3.05, 3.63) is 32.9 Å². The van der Waals surface area contributed by atoms with Gasteiger partial charge in [0.05, 0.1) is 22.8 Å². The zero-order valence-corrected chi connectivity index (χ0v) is 17.6. The van der Waals surface area contributed by atoms with E-state index in [4.69, 9.17) is 17.0 Å². The van der Waals surface area contributed by atoms with Crippen molar-refractivity contribution >= 4 is 55.6 Å². The summed E-state index contributed by atoms with van der Waals surface area (Å²) >= 11 is 10.3. The van der Waals surface area contributed by atoms with Crippen LogP contribution in [0.15, 0.2) is 16.7 Å². The monoisotopic (exact) mass is 444 g/mol. The second kappa shape index (κ2) is 9.30. The first-order valence-corrected chi connectivity index (χ1v) is 9.91. The number of hydrogen-bond donors (Lipinski definition) is 2. The largest absolute Gasteiger partial charge is 0.465 e. The molecule has 2 aromatic rings. The number of esters is 1. The van der Waals surface area contributed by atoms with Crippen LogP contribution in [0.1, 0.15) is 34.3 Å². The molecule has 0 unspecified atom stereocenters. The molecule has 0 bridgehead atoms. The topological polar surface area (TPSA) is 68.2 Å². The van der Waals surface area contributed by atoms with Gasteiger partial charge in [-0.2, -0.15) is 5.10 Å². The van der Waals surface area contributed by atoms with Crippen LogP contribution in [-0.4, -0.2) is 34.5 Å². The van der Waals surface area contributed by atoms with Gasteiger partial charge >= 0.3 is 5.97 Å². The van der Waals surface area contributed by atoms with Crippen LogP contribution in [0.5, 0.6) is 0 Å². The summed E-state index contributed by atoms with van der Waals surface area (Å²) < 4.78 is 7.74. The molecule has 9 heteroatoms. The minimum Gasteiger partial charge on any atom is -0.465 e. The van der Waals surface area contributed by atoms with Crippen LogP contribution >= 0.6 is 39.5 Å². The number of aromatic nitrogens is 2. The third-order valence-electron chi connectivity index (χ3n) is 3.50. The number of hydrogen-bond acceptors (Lipinski definition) is 5. The van der Waals surface area contributed by atoms with Crippen molar-refractivity contribution in [3.63, 3.8) is 0 Å². The highest BCUT2D eigenvalue weighted by atomic mass is 79.9. The Morgan fingerprint density at radius 3 is 2.88 bits per heavy atom. The van der Waals surface area contributed by atoms with Gasteiger partial charge in [-0.3, -0.25) is 4.68 Å². The molecule has 0 saturated heterocycles. The van der Waals surface area contributed by atoms with Gasteiger partial charge in [0.1, 0.15) is 5.00 Å². The Morgan fingerprint density at radius 2 is 2.28 bits per heavy atom. The predicted molar refractivity (Wildman–Crippen MR) is 109 cm³/mol. The number of anilines is 1. The highest BCUT2D eigenvalue weighted by Gasteiger charge is 2.16. The third-order valence-corrected chi connectivity index (χ3v) is 5.72. The fourth-order valence-electron chi connectivity index (χ4n) is 2.17. The number of ether oxygens (including phenoxy) is 1. The van der Waals surface area contributed by atoms with Gasteiger partial charge in [-0.25, -0.2) is 4.79 Å². The summed E-state index contributed by atoms with van der Waals surface area (Å²) in [5.41, 5.74) is 1.50. The van der Waals surface area contributed by atoms with Gasteiger partial charge in [0.25, 0.3) is 0 Å². The second-order valence-corrected chi connectivity index (χ2v) is 7.76. The van der Waals surface area contributed by atoms with Crippen molar-refractivity contribution < 1.29 is 9.53 Å². The van der Waals surface area contributed by atoms with Crippen LogP contribution in [0.25, 0.3) is 0 Å². The lowest BCUT2D eigenvalue weighted by Crippen LogP contribution is -2.30. The number of nitrogens with one attached hydrogen (secondary N) is 2. The first kappa shape index (κ1) is 19.9. The fourth-order valence-corrected chi connectivity index (χ4v) is 3.74. The minimum absolute atomic E-state index is 0.360. The number of rotatable bonds is 7. The predicted octanol–water partition coefficient (Wildman–Crippen LogP) is 3.74. The Morgan fingerprint density at radius 1 is 1.52 bits per heavy atom. The van der Waals surface area contributed by atoms with Gasteiger partial charge in [0.15, 0.2) is 5.11 Å².